The number of fused-ring (bicyclic) bond motifs is 8. The van der Waals surface area contributed by atoms with E-state index in [1.54, 1.807) is 0 Å². The zero-order chi connectivity index (χ0) is 20.3. The van der Waals surface area contributed by atoms with Crippen molar-refractivity contribution < 1.29 is 2.85 Å². The van der Waals surface area contributed by atoms with Gasteiger partial charge in [0.25, 0.3) is 0 Å². The molecule has 2 aliphatic heterocycles. The summed E-state index contributed by atoms with van der Waals surface area (Å²) in [5.41, 5.74) is 9.45. The lowest BCUT2D eigenvalue weighted by atomic mass is 10.1. The van der Waals surface area contributed by atoms with E-state index in [9.17, 15) is 0 Å². The SMILES string of the molecule is BrCCCCCc1c2nc(cc3ccc(cc4nc(cc5ccc1[nH]5)C=C4)[nH]3)C=C2.[HH].[HH]. The van der Waals surface area contributed by atoms with Gasteiger partial charge in [-0.15, -0.1) is 0 Å². The van der Waals surface area contributed by atoms with E-state index in [1.165, 1.54) is 18.4 Å². The molecule has 0 saturated carbocycles. The van der Waals surface area contributed by atoms with Crippen molar-refractivity contribution in [1.29, 1.82) is 0 Å². The van der Waals surface area contributed by atoms with Crippen molar-refractivity contribution in [3.63, 3.8) is 0 Å². The molecule has 0 aromatic carbocycles. The third-order valence-corrected chi connectivity index (χ3v) is 5.95. The van der Waals surface area contributed by atoms with Crippen LogP contribution in [0.15, 0.2) is 42.5 Å². The summed E-state index contributed by atoms with van der Waals surface area (Å²) in [6.45, 7) is 0. The fourth-order valence-corrected chi connectivity index (χ4v) is 4.30. The first-order chi connectivity index (χ1) is 14.8. The van der Waals surface area contributed by atoms with Crippen LogP contribution in [0.2, 0.25) is 0 Å². The molecule has 0 fully saturated rings. The summed E-state index contributed by atoms with van der Waals surface area (Å²) >= 11 is 3.53. The lowest BCUT2D eigenvalue weighted by Gasteiger charge is -2.03. The molecular formula is C25H27BrN4. The Morgan fingerprint density at radius 3 is 2.07 bits per heavy atom. The maximum atomic E-state index is 4.92. The lowest BCUT2D eigenvalue weighted by molar-refractivity contribution is 0.724. The Bertz CT molecular complexity index is 1300. The van der Waals surface area contributed by atoms with Crippen LogP contribution in [0, 0.1) is 0 Å². The third kappa shape index (κ3) is 4.17. The quantitative estimate of drug-likeness (QED) is 0.213. The molecule has 0 spiro atoms. The molecule has 0 atom stereocenters. The van der Waals surface area contributed by atoms with Crippen LogP contribution in [0.5, 0.6) is 0 Å². The van der Waals surface area contributed by atoms with E-state index < -0.39 is 0 Å². The molecule has 4 nitrogen and oxygen atoms in total. The number of aryl methyl sites for hydroxylation is 1. The molecule has 0 saturated heterocycles. The van der Waals surface area contributed by atoms with Crippen molar-refractivity contribution in [2.75, 3.05) is 5.33 Å². The molecular weight excluding hydrogens is 436 g/mol. The molecule has 8 bridgehead atoms. The fourth-order valence-electron chi connectivity index (χ4n) is 3.90. The van der Waals surface area contributed by atoms with Crippen molar-refractivity contribution in [1.82, 2.24) is 19.9 Å². The van der Waals surface area contributed by atoms with Gasteiger partial charge in [0.1, 0.15) is 0 Å². The third-order valence-electron chi connectivity index (χ3n) is 5.39. The van der Waals surface area contributed by atoms with Crippen LogP contribution in [0.1, 0.15) is 50.5 Å². The van der Waals surface area contributed by atoms with Crippen molar-refractivity contribution in [3.8, 4) is 0 Å². The van der Waals surface area contributed by atoms with Gasteiger partial charge in [-0.05, 0) is 86.0 Å². The van der Waals surface area contributed by atoms with Crippen LogP contribution >= 0.6 is 15.9 Å². The minimum Gasteiger partial charge on any atom is -0.355 e. The Morgan fingerprint density at radius 1 is 0.700 bits per heavy atom. The van der Waals surface area contributed by atoms with Crippen LogP contribution in [-0.4, -0.2) is 25.3 Å². The number of unbranched alkanes of at least 4 members (excludes halogenated alkanes) is 2. The van der Waals surface area contributed by atoms with Gasteiger partial charge in [-0.3, -0.25) is 0 Å². The average Bonchev–Trinajstić information content (AvgIpc) is 3.52. The van der Waals surface area contributed by atoms with Crippen LogP contribution in [0.25, 0.3) is 46.4 Å². The summed E-state index contributed by atoms with van der Waals surface area (Å²) < 4.78 is 0. The molecule has 0 radical (unpaired) electrons. The van der Waals surface area contributed by atoms with Gasteiger partial charge in [-0.1, -0.05) is 22.4 Å². The standard InChI is InChI=1S/C25H23BrN4.2H2/c26-13-3-1-2-4-23-24-11-9-21(29-24)15-19-7-5-17(27-19)14-18-6-8-20(28-18)16-22-10-12-25(23)30-22;;/h5-12,14-16,27,30H,1-4,13H2;2*1H. The fraction of sp³-hybridized carbons (Fsp3) is 0.200. The summed E-state index contributed by atoms with van der Waals surface area (Å²) in [5, 5.41) is 1.06. The van der Waals surface area contributed by atoms with E-state index in [0.717, 1.165) is 63.0 Å². The number of nitrogens with one attached hydrogen (secondary N) is 2. The summed E-state index contributed by atoms with van der Waals surface area (Å²) in [6, 6.07) is 14.7. The molecule has 5 rings (SSSR count). The van der Waals surface area contributed by atoms with E-state index in [2.05, 4.69) is 86.6 Å². The van der Waals surface area contributed by atoms with E-state index in [1.807, 2.05) is 6.08 Å². The first-order valence-electron chi connectivity index (χ1n) is 10.4. The number of nitrogens with zero attached hydrogens (tertiary/aromatic N) is 2. The zero-order valence-electron chi connectivity index (χ0n) is 16.7. The van der Waals surface area contributed by atoms with Crippen LogP contribution in [0.3, 0.4) is 0 Å². The van der Waals surface area contributed by atoms with Crippen LogP contribution in [-0.2, 0) is 6.42 Å². The van der Waals surface area contributed by atoms with Gasteiger partial charge in [0.15, 0.2) is 0 Å². The molecule has 2 aliphatic rings. The minimum atomic E-state index is 0. The molecule has 0 aliphatic carbocycles. The zero-order valence-corrected chi connectivity index (χ0v) is 18.2. The highest BCUT2D eigenvalue weighted by atomic mass is 79.9. The lowest BCUT2D eigenvalue weighted by Crippen LogP contribution is -1.92. The van der Waals surface area contributed by atoms with Gasteiger partial charge in [0.2, 0.25) is 0 Å². The molecule has 5 heterocycles. The number of alkyl halides is 1. The largest absolute Gasteiger partial charge is 0.355 e. The normalized spacial score (nSPS) is 12.6. The highest BCUT2D eigenvalue weighted by Gasteiger charge is 2.08. The van der Waals surface area contributed by atoms with Gasteiger partial charge < -0.3 is 9.97 Å². The molecule has 3 aromatic rings. The summed E-state index contributed by atoms with van der Waals surface area (Å²) in [5.74, 6) is 0. The maximum Gasteiger partial charge on any atom is 0.0690 e. The number of H-pyrrole nitrogens is 2. The van der Waals surface area contributed by atoms with Gasteiger partial charge in [0, 0.05) is 35.8 Å². The van der Waals surface area contributed by atoms with Crippen molar-refractivity contribution in [3.05, 3.63) is 70.8 Å². The Kier molecular flexibility index (Phi) is 5.37. The number of hydrogen-bond acceptors (Lipinski definition) is 2. The number of halogens is 1. The van der Waals surface area contributed by atoms with Crippen LogP contribution in [0.4, 0.5) is 0 Å². The number of aromatic nitrogens is 4. The number of hydrogen-bond donors (Lipinski definition) is 2. The Hall–Kier alpha value is -2.92. The summed E-state index contributed by atoms with van der Waals surface area (Å²) in [7, 11) is 0. The Balaban J connectivity index is 0.00000144. The van der Waals surface area contributed by atoms with Crippen molar-refractivity contribution in [2.24, 2.45) is 0 Å². The minimum absolute atomic E-state index is 0. The topological polar surface area (TPSA) is 57.4 Å². The average molecular weight is 463 g/mol. The van der Waals surface area contributed by atoms with E-state index in [-0.39, 0.29) is 2.85 Å². The highest BCUT2D eigenvalue weighted by molar-refractivity contribution is 9.09. The monoisotopic (exact) mass is 462 g/mol. The predicted octanol–water partition coefficient (Wildman–Crippen LogP) is 7.26. The summed E-state index contributed by atoms with van der Waals surface area (Å²) in [4.78, 5) is 16.7. The Labute approximate surface area is 186 Å². The molecule has 0 unspecified atom stereocenters. The second-order valence-electron chi connectivity index (χ2n) is 7.66. The van der Waals surface area contributed by atoms with Crippen molar-refractivity contribution >= 4 is 62.3 Å². The van der Waals surface area contributed by atoms with Gasteiger partial charge in [-0.25, -0.2) is 9.97 Å². The highest BCUT2D eigenvalue weighted by Crippen LogP contribution is 2.23. The molecule has 5 heteroatoms. The van der Waals surface area contributed by atoms with Crippen LogP contribution < -0.4 is 0 Å². The first-order valence-corrected chi connectivity index (χ1v) is 11.5. The van der Waals surface area contributed by atoms with Gasteiger partial charge >= 0.3 is 0 Å². The van der Waals surface area contributed by atoms with E-state index >= 15 is 0 Å². The second kappa shape index (κ2) is 8.44. The molecule has 2 N–H and O–H groups in total. The summed E-state index contributed by atoms with van der Waals surface area (Å²) in [6.07, 6.45) is 12.9. The second-order valence-corrected chi connectivity index (χ2v) is 8.45. The molecule has 3 aromatic heterocycles. The Morgan fingerprint density at radius 2 is 1.33 bits per heavy atom. The molecule has 0 amide bonds. The number of aromatic amines is 2. The first kappa shape index (κ1) is 19.1. The van der Waals surface area contributed by atoms with Gasteiger partial charge in [0.05, 0.1) is 22.8 Å². The predicted molar refractivity (Wildman–Crippen MR) is 134 cm³/mol. The number of rotatable bonds is 5. The molecule has 154 valence electrons. The van der Waals surface area contributed by atoms with Crippen molar-refractivity contribution in [2.45, 2.75) is 25.7 Å². The smallest absolute Gasteiger partial charge is 0.0690 e. The molecule has 30 heavy (non-hydrogen) atoms. The maximum absolute atomic E-state index is 4.92. The van der Waals surface area contributed by atoms with E-state index in [4.69, 9.17) is 9.97 Å². The van der Waals surface area contributed by atoms with Gasteiger partial charge in [-0.2, -0.15) is 0 Å². The van der Waals surface area contributed by atoms with E-state index in [0.29, 0.717) is 0 Å².